The van der Waals surface area contributed by atoms with Crippen molar-refractivity contribution in [2.24, 2.45) is 0 Å². The van der Waals surface area contributed by atoms with Gasteiger partial charge in [-0.1, -0.05) is 5.21 Å². The second kappa shape index (κ2) is 2.30. The topological polar surface area (TPSA) is 53.6 Å². The number of rotatable bonds is 2. The van der Waals surface area contributed by atoms with Crippen molar-refractivity contribution in [3.05, 3.63) is 6.20 Å². The Morgan fingerprint density at radius 1 is 1.88 bits per heavy atom. The summed E-state index contributed by atoms with van der Waals surface area (Å²) in [6.45, 7) is 2.89. The molecule has 1 heterocycles. The largest absolute Gasteiger partial charge is 0.368 e. The van der Waals surface area contributed by atoms with E-state index in [4.69, 9.17) is 0 Å². The molecule has 1 rings (SSSR count). The molecule has 44 valence electrons. The van der Waals surface area contributed by atoms with E-state index >= 15 is 0 Å². The molecule has 0 radical (unpaired) electrons. The second-order valence-electron chi connectivity index (χ2n) is 1.39. The molecule has 0 amide bonds. The van der Waals surface area contributed by atoms with E-state index in [1.165, 1.54) is 0 Å². The zero-order valence-corrected chi connectivity index (χ0v) is 4.68. The van der Waals surface area contributed by atoms with Crippen LogP contribution in [-0.2, 0) is 0 Å². The van der Waals surface area contributed by atoms with Crippen LogP contribution in [0.1, 0.15) is 6.92 Å². The fourth-order valence-electron chi connectivity index (χ4n) is 0.469. The highest BCUT2D eigenvalue weighted by atomic mass is 15.3. The summed E-state index contributed by atoms with van der Waals surface area (Å²) in [5.41, 5.74) is 0. The molecular weight excluding hydrogens is 104 g/mol. The SMILES string of the molecule is CCNc1c[nH]nn1. The highest BCUT2D eigenvalue weighted by molar-refractivity contribution is 5.27. The van der Waals surface area contributed by atoms with Gasteiger partial charge in [0.15, 0.2) is 5.82 Å². The first-order valence-corrected chi connectivity index (χ1v) is 2.54. The monoisotopic (exact) mass is 112 g/mol. The molecule has 2 N–H and O–H groups in total. The van der Waals surface area contributed by atoms with Gasteiger partial charge in [0.1, 0.15) is 0 Å². The Balaban J connectivity index is 2.50. The molecule has 1 aromatic heterocycles. The molecule has 4 nitrogen and oxygen atoms in total. The Kier molecular flexibility index (Phi) is 1.46. The van der Waals surface area contributed by atoms with Crippen molar-refractivity contribution in [2.45, 2.75) is 6.92 Å². The van der Waals surface area contributed by atoms with Crippen LogP contribution in [-0.4, -0.2) is 22.0 Å². The molecule has 0 aliphatic carbocycles. The average Bonchev–Trinajstić information content (AvgIpc) is 2.19. The first-order valence-electron chi connectivity index (χ1n) is 2.54. The first-order chi connectivity index (χ1) is 3.93. The smallest absolute Gasteiger partial charge is 0.168 e. The van der Waals surface area contributed by atoms with E-state index in [1.807, 2.05) is 6.92 Å². The molecule has 4 heteroatoms. The number of aromatic nitrogens is 3. The average molecular weight is 112 g/mol. The van der Waals surface area contributed by atoms with Gasteiger partial charge in [0.05, 0.1) is 6.20 Å². The molecule has 0 aliphatic rings. The van der Waals surface area contributed by atoms with Gasteiger partial charge in [-0.2, -0.15) is 0 Å². The van der Waals surface area contributed by atoms with E-state index in [-0.39, 0.29) is 0 Å². The minimum Gasteiger partial charge on any atom is -0.368 e. The Bertz CT molecular complexity index is 134. The van der Waals surface area contributed by atoms with Crippen LogP contribution in [0.3, 0.4) is 0 Å². The fraction of sp³-hybridized carbons (Fsp3) is 0.500. The maximum absolute atomic E-state index is 3.69. The zero-order chi connectivity index (χ0) is 5.82. The van der Waals surface area contributed by atoms with Crippen LogP contribution in [0, 0.1) is 0 Å². The van der Waals surface area contributed by atoms with Crippen molar-refractivity contribution in [1.29, 1.82) is 0 Å². The minimum atomic E-state index is 0.799. The van der Waals surface area contributed by atoms with Gasteiger partial charge < -0.3 is 5.32 Å². The van der Waals surface area contributed by atoms with Crippen molar-refractivity contribution >= 4 is 5.82 Å². The van der Waals surface area contributed by atoms with E-state index < -0.39 is 0 Å². The molecule has 0 bridgehead atoms. The summed E-state index contributed by atoms with van der Waals surface area (Å²) in [5.74, 6) is 0.799. The summed E-state index contributed by atoms with van der Waals surface area (Å²) in [7, 11) is 0. The maximum Gasteiger partial charge on any atom is 0.168 e. The van der Waals surface area contributed by atoms with Crippen molar-refractivity contribution in [2.75, 3.05) is 11.9 Å². The third kappa shape index (κ3) is 0.959. The molecule has 0 saturated carbocycles. The number of nitrogens with one attached hydrogen (secondary N) is 2. The lowest BCUT2D eigenvalue weighted by Gasteiger charge is -1.90. The molecule has 0 unspecified atom stereocenters. The second-order valence-corrected chi connectivity index (χ2v) is 1.39. The number of H-pyrrole nitrogens is 1. The molecule has 0 saturated heterocycles. The van der Waals surface area contributed by atoms with Crippen molar-refractivity contribution in [3.8, 4) is 0 Å². The standard InChI is InChI=1S/C4H8N4/c1-2-5-4-3-6-8-7-4/h3H,2H2,1H3,(H2,5,6,7,8). The van der Waals surface area contributed by atoms with Crippen LogP contribution in [0.2, 0.25) is 0 Å². The summed E-state index contributed by atoms with van der Waals surface area (Å²) in [6.07, 6.45) is 1.71. The van der Waals surface area contributed by atoms with Gasteiger partial charge in [-0.05, 0) is 6.92 Å². The molecule has 0 aliphatic heterocycles. The fourth-order valence-corrected chi connectivity index (χ4v) is 0.469. The normalized spacial score (nSPS) is 9.12. The number of hydrogen-bond acceptors (Lipinski definition) is 3. The van der Waals surface area contributed by atoms with Gasteiger partial charge in [0.2, 0.25) is 0 Å². The Morgan fingerprint density at radius 3 is 3.25 bits per heavy atom. The summed E-state index contributed by atoms with van der Waals surface area (Å²) in [6, 6.07) is 0. The number of anilines is 1. The summed E-state index contributed by atoms with van der Waals surface area (Å²) >= 11 is 0. The van der Waals surface area contributed by atoms with Crippen LogP contribution < -0.4 is 5.32 Å². The van der Waals surface area contributed by atoms with Crippen molar-refractivity contribution in [1.82, 2.24) is 15.4 Å². The Morgan fingerprint density at radius 2 is 2.75 bits per heavy atom. The molecule has 0 atom stereocenters. The maximum atomic E-state index is 3.69. The lowest BCUT2D eigenvalue weighted by atomic mass is 10.7. The molecule has 0 aromatic carbocycles. The third-order valence-corrected chi connectivity index (χ3v) is 0.775. The van der Waals surface area contributed by atoms with E-state index in [9.17, 15) is 0 Å². The van der Waals surface area contributed by atoms with Crippen LogP contribution in [0.4, 0.5) is 5.82 Å². The first kappa shape index (κ1) is 5.08. The van der Waals surface area contributed by atoms with Crippen molar-refractivity contribution < 1.29 is 0 Å². The van der Waals surface area contributed by atoms with E-state index in [1.54, 1.807) is 6.20 Å². The number of nitrogens with zero attached hydrogens (tertiary/aromatic N) is 2. The number of aromatic amines is 1. The quantitative estimate of drug-likeness (QED) is 0.576. The van der Waals surface area contributed by atoms with Gasteiger partial charge in [0.25, 0.3) is 0 Å². The molecule has 0 spiro atoms. The van der Waals surface area contributed by atoms with Crippen molar-refractivity contribution in [3.63, 3.8) is 0 Å². The molecule has 0 fully saturated rings. The predicted octanol–water partition coefficient (Wildman–Crippen LogP) is 0.236. The zero-order valence-electron chi connectivity index (χ0n) is 4.68. The van der Waals surface area contributed by atoms with Gasteiger partial charge in [-0.25, -0.2) is 0 Å². The van der Waals surface area contributed by atoms with Crippen LogP contribution in [0.5, 0.6) is 0 Å². The molecule has 8 heavy (non-hydrogen) atoms. The molecule has 1 aromatic rings. The minimum absolute atomic E-state index is 0.799. The summed E-state index contributed by atoms with van der Waals surface area (Å²) < 4.78 is 0. The van der Waals surface area contributed by atoms with Crippen LogP contribution in [0.25, 0.3) is 0 Å². The van der Waals surface area contributed by atoms with E-state index in [0.29, 0.717) is 0 Å². The lowest BCUT2D eigenvalue weighted by Crippen LogP contribution is -1.95. The Hall–Kier alpha value is -1.06. The lowest BCUT2D eigenvalue weighted by molar-refractivity contribution is 0.938. The van der Waals surface area contributed by atoms with E-state index in [2.05, 4.69) is 20.7 Å². The van der Waals surface area contributed by atoms with E-state index in [0.717, 1.165) is 12.4 Å². The molecular formula is C4H8N4. The summed E-state index contributed by atoms with van der Waals surface area (Å²) in [4.78, 5) is 0. The van der Waals surface area contributed by atoms with Gasteiger partial charge in [-0.15, -0.1) is 5.10 Å². The predicted molar refractivity (Wildman–Crippen MR) is 30.5 cm³/mol. The number of hydrogen-bond donors (Lipinski definition) is 2. The Labute approximate surface area is 47.3 Å². The van der Waals surface area contributed by atoms with Gasteiger partial charge >= 0.3 is 0 Å². The summed E-state index contributed by atoms with van der Waals surface area (Å²) in [5, 5.41) is 12.8. The van der Waals surface area contributed by atoms with Gasteiger partial charge in [0, 0.05) is 6.54 Å². The van der Waals surface area contributed by atoms with Gasteiger partial charge in [-0.3, -0.25) is 5.10 Å². The highest BCUT2D eigenvalue weighted by Gasteiger charge is 1.86. The van der Waals surface area contributed by atoms with Crippen LogP contribution >= 0.6 is 0 Å². The third-order valence-electron chi connectivity index (χ3n) is 0.775. The van der Waals surface area contributed by atoms with Crippen LogP contribution in [0.15, 0.2) is 6.20 Å². The highest BCUT2D eigenvalue weighted by Crippen LogP contribution is 1.92.